The third-order valence-electron chi connectivity index (χ3n) is 4.41. The first kappa shape index (κ1) is 21.6. The van der Waals surface area contributed by atoms with Crippen LogP contribution in [0.3, 0.4) is 0 Å². The van der Waals surface area contributed by atoms with Gasteiger partial charge in [0.2, 0.25) is 11.7 Å². The Kier molecular flexibility index (Phi) is 6.25. The van der Waals surface area contributed by atoms with Gasteiger partial charge < -0.3 is 19.3 Å². The van der Waals surface area contributed by atoms with E-state index in [0.717, 1.165) is 5.56 Å². The lowest BCUT2D eigenvalue weighted by atomic mass is 10.2. The second kappa shape index (κ2) is 9.25. The van der Waals surface area contributed by atoms with Gasteiger partial charge in [-0.2, -0.15) is 4.98 Å². The van der Waals surface area contributed by atoms with Crippen molar-refractivity contribution in [3.63, 3.8) is 0 Å². The fraction of sp³-hybridized carbons (Fsp3) is 0.0909. The zero-order chi connectivity index (χ0) is 22.7. The van der Waals surface area contributed by atoms with E-state index < -0.39 is 5.91 Å². The molecule has 4 aromatic rings. The van der Waals surface area contributed by atoms with E-state index in [0.29, 0.717) is 17.2 Å². The Morgan fingerprint density at radius 2 is 1.91 bits per heavy atom. The predicted octanol–water partition coefficient (Wildman–Crippen LogP) is 5.21. The van der Waals surface area contributed by atoms with E-state index in [2.05, 4.69) is 15.1 Å². The van der Waals surface area contributed by atoms with Crippen LogP contribution in [0.5, 0.6) is 17.4 Å². The van der Waals surface area contributed by atoms with Crippen molar-refractivity contribution < 1.29 is 19.2 Å². The first-order valence-corrected chi connectivity index (χ1v) is 10.1. The normalized spacial score (nSPS) is 10.7. The first-order chi connectivity index (χ1) is 15.4. The maximum Gasteiger partial charge on any atom is 0.316 e. The number of benzene rings is 2. The van der Waals surface area contributed by atoms with Gasteiger partial charge in [-0.3, -0.25) is 4.79 Å². The number of pyridine rings is 1. The van der Waals surface area contributed by atoms with Crippen LogP contribution < -0.4 is 4.74 Å². The number of carbonyl (C=O) groups excluding carboxylic acids is 1. The van der Waals surface area contributed by atoms with Gasteiger partial charge in [-0.25, -0.2) is 4.98 Å². The second-order valence-electron chi connectivity index (χ2n) is 6.79. The molecule has 4 rings (SSSR count). The molecule has 0 radical (unpaired) electrons. The molecule has 10 heteroatoms. The molecule has 0 bridgehead atoms. The lowest BCUT2D eigenvalue weighted by Gasteiger charge is -2.15. The summed E-state index contributed by atoms with van der Waals surface area (Å²) in [5.41, 5.74) is 1.24. The number of ether oxygens (including phenoxy) is 1. The van der Waals surface area contributed by atoms with E-state index in [1.165, 1.54) is 17.0 Å². The van der Waals surface area contributed by atoms with E-state index in [-0.39, 0.29) is 34.1 Å². The van der Waals surface area contributed by atoms with Gasteiger partial charge in [0, 0.05) is 31.4 Å². The number of amides is 1. The van der Waals surface area contributed by atoms with Crippen LogP contribution in [0.4, 0.5) is 0 Å². The molecular formula is C22H16Cl2N4O4. The Bertz CT molecular complexity index is 1240. The summed E-state index contributed by atoms with van der Waals surface area (Å²) < 4.78 is 10.8. The van der Waals surface area contributed by atoms with Crippen LogP contribution in [0.15, 0.2) is 65.3 Å². The monoisotopic (exact) mass is 470 g/mol. The van der Waals surface area contributed by atoms with E-state index in [9.17, 15) is 9.90 Å². The average Bonchev–Trinajstić information content (AvgIpc) is 3.28. The third kappa shape index (κ3) is 4.82. The van der Waals surface area contributed by atoms with E-state index in [1.807, 2.05) is 24.3 Å². The van der Waals surface area contributed by atoms with Crippen LogP contribution in [-0.2, 0) is 6.54 Å². The molecule has 0 aliphatic carbocycles. The van der Waals surface area contributed by atoms with E-state index in [1.54, 1.807) is 31.4 Å². The van der Waals surface area contributed by atoms with Crippen molar-refractivity contribution in [1.82, 2.24) is 20.0 Å². The number of rotatable bonds is 6. The summed E-state index contributed by atoms with van der Waals surface area (Å²) in [5, 5.41) is 13.6. The van der Waals surface area contributed by atoms with Gasteiger partial charge in [-0.05, 0) is 35.9 Å². The van der Waals surface area contributed by atoms with Gasteiger partial charge in [-0.15, -0.1) is 0 Å². The number of phenols is 1. The van der Waals surface area contributed by atoms with Crippen LogP contribution in [0, 0.1) is 0 Å². The summed E-state index contributed by atoms with van der Waals surface area (Å²) in [4.78, 5) is 22.5. The molecule has 162 valence electrons. The fourth-order valence-electron chi connectivity index (χ4n) is 2.87. The zero-order valence-electron chi connectivity index (χ0n) is 16.7. The summed E-state index contributed by atoms with van der Waals surface area (Å²) in [7, 11) is 1.62. The molecule has 0 unspecified atom stereocenters. The number of phenolic OH excluding ortho intramolecular Hbond substituents is 1. The Labute approximate surface area is 193 Å². The number of hydrogen-bond acceptors (Lipinski definition) is 7. The lowest BCUT2D eigenvalue weighted by Crippen LogP contribution is -2.26. The Balaban J connectivity index is 1.46. The summed E-state index contributed by atoms with van der Waals surface area (Å²) >= 11 is 11.9. The molecule has 0 aliphatic rings. The van der Waals surface area contributed by atoms with Crippen LogP contribution in [0.1, 0.15) is 16.2 Å². The lowest BCUT2D eigenvalue weighted by molar-refractivity contribution is 0.0735. The van der Waals surface area contributed by atoms with Crippen LogP contribution >= 0.6 is 23.2 Å². The standard InChI is InChI=1S/C22H16Cl2N4O4/c1-28(12-13-5-4-6-15(9-13)31-18-7-2-3-8-25-18)22(30)21-26-20(27-32-21)14-10-16(23)19(29)17(24)11-14/h2-11,29H,12H2,1H3. The quantitative estimate of drug-likeness (QED) is 0.412. The van der Waals surface area contributed by atoms with Gasteiger partial charge in [0.25, 0.3) is 0 Å². The smallest absolute Gasteiger partial charge is 0.316 e. The highest BCUT2D eigenvalue weighted by Crippen LogP contribution is 2.35. The third-order valence-corrected chi connectivity index (χ3v) is 4.99. The highest BCUT2D eigenvalue weighted by Gasteiger charge is 2.21. The van der Waals surface area contributed by atoms with Crippen molar-refractivity contribution in [2.45, 2.75) is 6.54 Å². The van der Waals surface area contributed by atoms with Crippen LogP contribution in [0.2, 0.25) is 10.0 Å². The predicted molar refractivity (Wildman–Crippen MR) is 118 cm³/mol. The molecule has 2 heterocycles. The molecule has 8 nitrogen and oxygen atoms in total. The zero-order valence-corrected chi connectivity index (χ0v) is 18.2. The van der Waals surface area contributed by atoms with Crippen LogP contribution in [-0.4, -0.2) is 38.1 Å². The highest BCUT2D eigenvalue weighted by atomic mass is 35.5. The minimum atomic E-state index is -0.462. The maximum absolute atomic E-state index is 12.8. The second-order valence-corrected chi connectivity index (χ2v) is 7.60. The van der Waals surface area contributed by atoms with Crippen molar-refractivity contribution in [3.05, 3.63) is 82.3 Å². The highest BCUT2D eigenvalue weighted by molar-refractivity contribution is 6.37. The molecule has 0 fully saturated rings. The summed E-state index contributed by atoms with van der Waals surface area (Å²) in [6.07, 6.45) is 1.64. The summed E-state index contributed by atoms with van der Waals surface area (Å²) in [6.45, 7) is 0.285. The Hall–Kier alpha value is -3.62. The molecule has 32 heavy (non-hydrogen) atoms. The molecule has 0 aliphatic heterocycles. The topological polar surface area (TPSA) is 102 Å². The van der Waals surface area contributed by atoms with E-state index >= 15 is 0 Å². The fourth-order valence-corrected chi connectivity index (χ4v) is 3.35. The van der Waals surface area contributed by atoms with E-state index in [4.69, 9.17) is 32.5 Å². The van der Waals surface area contributed by atoms with Gasteiger partial charge in [0.1, 0.15) is 5.75 Å². The van der Waals surface area contributed by atoms with Crippen molar-refractivity contribution in [2.24, 2.45) is 0 Å². The largest absolute Gasteiger partial charge is 0.505 e. The molecule has 0 spiro atoms. The number of aromatic nitrogens is 3. The van der Waals surface area contributed by atoms with Crippen molar-refractivity contribution >= 4 is 29.1 Å². The number of carbonyl (C=O) groups is 1. The average molecular weight is 471 g/mol. The van der Waals surface area contributed by atoms with Gasteiger partial charge in [0.15, 0.2) is 5.75 Å². The minimum absolute atomic E-state index is 0.0371. The molecule has 0 saturated heterocycles. The molecule has 0 saturated carbocycles. The Morgan fingerprint density at radius 1 is 1.12 bits per heavy atom. The SMILES string of the molecule is CN(Cc1cccc(Oc2ccccn2)c1)C(=O)c1nc(-c2cc(Cl)c(O)c(Cl)c2)no1. The molecule has 1 amide bonds. The maximum atomic E-state index is 12.8. The van der Waals surface area contributed by atoms with Gasteiger partial charge in [-0.1, -0.05) is 46.6 Å². The molecule has 0 atom stereocenters. The van der Waals surface area contributed by atoms with Crippen molar-refractivity contribution in [2.75, 3.05) is 7.05 Å². The minimum Gasteiger partial charge on any atom is -0.505 e. The number of halogens is 2. The van der Waals surface area contributed by atoms with Crippen molar-refractivity contribution in [3.8, 4) is 28.8 Å². The summed E-state index contributed by atoms with van der Waals surface area (Å²) in [5.74, 6) is 0.298. The van der Waals surface area contributed by atoms with Crippen LogP contribution in [0.25, 0.3) is 11.4 Å². The molecule has 2 aromatic carbocycles. The van der Waals surface area contributed by atoms with Crippen molar-refractivity contribution in [1.29, 1.82) is 0 Å². The Morgan fingerprint density at radius 3 is 2.62 bits per heavy atom. The summed E-state index contributed by atoms with van der Waals surface area (Å²) in [6, 6.07) is 15.6. The number of hydrogen-bond donors (Lipinski definition) is 1. The number of nitrogens with zero attached hydrogens (tertiary/aromatic N) is 4. The van der Waals surface area contributed by atoms with Gasteiger partial charge >= 0.3 is 11.8 Å². The molecular weight excluding hydrogens is 455 g/mol. The number of aromatic hydroxyl groups is 1. The molecule has 2 aromatic heterocycles. The van der Waals surface area contributed by atoms with Gasteiger partial charge in [0.05, 0.1) is 10.0 Å². The molecule has 1 N–H and O–H groups in total. The first-order valence-electron chi connectivity index (χ1n) is 9.36.